The van der Waals surface area contributed by atoms with Gasteiger partial charge in [0.15, 0.2) is 0 Å². The highest BCUT2D eigenvalue weighted by Gasteiger charge is 2.25. The van der Waals surface area contributed by atoms with E-state index in [9.17, 15) is 17.6 Å². The smallest absolute Gasteiger partial charge is 0.243 e. The molecule has 6 nitrogen and oxygen atoms in total. The SMILES string of the molecule is O=C(CCc1ccc(S(=O)(=O)N2CCCCC2)cc1)Nc1ccc(N2CCCC2)c(F)c1. The van der Waals surface area contributed by atoms with Gasteiger partial charge < -0.3 is 10.2 Å². The average molecular weight is 460 g/mol. The van der Waals surface area contributed by atoms with Crippen LogP contribution in [0, 0.1) is 5.82 Å². The van der Waals surface area contributed by atoms with E-state index in [2.05, 4.69) is 5.32 Å². The zero-order valence-electron chi connectivity index (χ0n) is 18.2. The van der Waals surface area contributed by atoms with Crippen LogP contribution in [-0.4, -0.2) is 44.8 Å². The largest absolute Gasteiger partial charge is 0.369 e. The zero-order chi connectivity index (χ0) is 22.6. The van der Waals surface area contributed by atoms with Crippen LogP contribution in [0.5, 0.6) is 0 Å². The van der Waals surface area contributed by atoms with Gasteiger partial charge in [-0.05, 0) is 68.0 Å². The van der Waals surface area contributed by atoms with Crippen LogP contribution in [0.3, 0.4) is 0 Å². The van der Waals surface area contributed by atoms with Gasteiger partial charge in [0.2, 0.25) is 15.9 Å². The fraction of sp³-hybridized carbons (Fsp3) is 0.458. The van der Waals surface area contributed by atoms with Crippen LogP contribution in [0.4, 0.5) is 15.8 Å². The van der Waals surface area contributed by atoms with Gasteiger partial charge in [-0.2, -0.15) is 4.31 Å². The Morgan fingerprint density at radius 1 is 0.906 bits per heavy atom. The quantitative estimate of drug-likeness (QED) is 0.675. The highest BCUT2D eigenvalue weighted by atomic mass is 32.2. The molecule has 2 fully saturated rings. The summed E-state index contributed by atoms with van der Waals surface area (Å²) in [6, 6.07) is 11.6. The average Bonchev–Trinajstić information content (AvgIpc) is 3.33. The summed E-state index contributed by atoms with van der Waals surface area (Å²) in [4.78, 5) is 14.6. The maximum Gasteiger partial charge on any atom is 0.243 e. The summed E-state index contributed by atoms with van der Waals surface area (Å²) >= 11 is 0. The normalized spacial score (nSPS) is 17.5. The number of nitrogens with one attached hydrogen (secondary N) is 1. The van der Waals surface area contributed by atoms with E-state index in [1.165, 1.54) is 6.07 Å². The van der Waals surface area contributed by atoms with E-state index in [1.807, 2.05) is 4.90 Å². The van der Waals surface area contributed by atoms with E-state index in [1.54, 1.807) is 40.7 Å². The van der Waals surface area contributed by atoms with Gasteiger partial charge >= 0.3 is 0 Å². The Bertz CT molecular complexity index is 1040. The molecule has 172 valence electrons. The molecule has 1 N–H and O–H groups in total. The van der Waals surface area contributed by atoms with Crippen molar-refractivity contribution in [2.45, 2.75) is 49.8 Å². The Hall–Kier alpha value is -2.45. The first kappa shape index (κ1) is 22.7. The van der Waals surface area contributed by atoms with Crippen LogP contribution >= 0.6 is 0 Å². The molecular formula is C24H30FN3O3S. The van der Waals surface area contributed by atoms with Gasteiger partial charge in [0.05, 0.1) is 10.6 Å². The van der Waals surface area contributed by atoms with Crippen LogP contribution in [0.1, 0.15) is 44.1 Å². The van der Waals surface area contributed by atoms with Crippen molar-refractivity contribution < 1.29 is 17.6 Å². The number of amides is 1. The lowest BCUT2D eigenvalue weighted by atomic mass is 10.1. The van der Waals surface area contributed by atoms with E-state index >= 15 is 0 Å². The van der Waals surface area contributed by atoms with Crippen LogP contribution < -0.4 is 10.2 Å². The fourth-order valence-corrected chi connectivity index (χ4v) is 5.88. The van der Waals surface area contributed by atoms with Crippen LogP contribution in [0.15, 0.2) is 47.4 Å². The van der Waals surface area contributed by atoms with Gasteiger partial charge in [-0.1, -0.05) is 18.6 Å². The number of rotatable bonds is 7. The molecular weight excluding hydrogens is 429 g/mol. The van der Waals surface area contributed by atoms with Gasteiger partial charge in [0, 0.05) is 38.3 Å². The van der Waals surface area contributed by atoms with Crippen molar-refractivity contribution >= 4 is 27.3 Å². The molecule has 2 heterocycles. The number of carbonyl (C=O) groups excluding carboxylic acids is 1. The van der Waals surface area contributed by atoms with Crippen LogP contribution in [0.2, 0.25) is 0 Å². The number of piperidine rings is 1. The van der Waals surface area contributed by atoms with Crippen molar-refractivity contribution in [1.82, 2.24) is 4.31 Å². The number of hydrogen-bond donors (Lipinski definition) is 1. The Labute approximate surface area is 189 Å². The number of carbonyl (C=O) groups is 1. The third kappa shape index (κ3) is 5.30. The lowest BCUT2D eigenvalue weighted by Crippen LogP contribution is -2.35. The standard InChI is InChI=1S/C24H30FN3O3S/c25-22-18-20(9-12-23(22)27-14-4-5-15-27)26-24(29)13-8-19-6-10-21(11-7-19)32(30,31)28-16-2-1-3-17-28/h6-7,9-12,18H,1-5,8,13-17H2,(H,26,29). The predicted octanol–water partition coefficient (Wildman–Crippen LogP) is 4.17. The molecule has 0 radical (unpaired) electrons. The van der Waals surface area contributed by atoms with Crippen molar-refractivity contribution in [1.29, 1.82) is 0 Å². The monoisotopic (exact) mass is 459 g/mol. The minimum absolute atomic E-state index is 0.205. The summed E-state index contributed by atoms with van der Waals surface area (Å²) in [5, 5.41) is 2.75. The number of halogens is 1. The molecule has 2 aliphatic heterocycles. The van der Waals surface area contributed by atoms with Crippen molar-refractivity contribution in [3.8, 4) is 0 Å². The number of aryl methyl sites for hydroxylation is 1. The van der Waals surface area contributed by atoms with Crippen molar-refractivity contribution in [3.05, 3.63) is 53.8 Å². The fourth-order valence-electron chi connectivity index (χ4n) is 4.36. The molecule has 2 aromatic carbocycles. The molecule has 0 atom stereocenters. The molecule has 2 aliphatic rings. The minimum Gasteiger partial charge on any atom is -0.369 e. The van der Waals surface area contributed by atoms with Gasteiger partial charge in [-0.3, -0.25) is 4.79 Å². The van der Waals surface area contributed by atoms with Crippen molar-refractivity contribution in [3.63, 3.8) is 0 Å². The summed E-state index contributed by atoms with van der Waals surface area (Å²) in [7, 11) is -3.45. The number of benzene rings is 2. The molecule has 4 rings (SSSR count). The highest BCUT2D eigenvalue weighted by Crippen LogP contribution is 2.26. The minimum atomic E-state index is -3.45. The summed E-state index contributed by atoms with van der Waals surface area (Å²) in [6.45, 7) is 2.87. The number of anilines is 2. The van der Waals surface area contributed by atoms with Gasteiger partial charge in [-0.25, -0.2) is 12.8 Å². The molecule has 0 aromatic heterocycles. The molecule has 2 aromatic rings. The summed E-state index contributed by atoms with van der Waals surface area (Å²) in [5.41, 5.74) is 1.91. The summed E-state index contributed by atoms with van der Waals surface area (Å²) in [5.74, 6) is -0.529. The number of hydrogen-bond acceptors (Lipinski definition) is 4. The molecule has 0 aliphatic carbocycles. The number of sulfonamides is 1. The molecule has 0 spiro atoms. The maximum absolute atomic E-state index is 14.4. The van der Waals surface area contributed by atoms with Crippen LogP contribution in [0.25, 0.3) is 0 Å². The Morgan fingerprint density at radius 3 is 2.22 bits per heavy atom. The van der Waals surface area contributed by atoms with E-state index in [4.69, 9.17) is 0 Å². The Kier molecular flexibility index (Phi) is 7.10. The molecule has 0 bridgehead atoms. The third-order valence-corrected chi connectivity index (χ3v) is 8.11. The molecule has 32 heavy (non-hydrogen) atoms. The third-order valence-electron chi connectivity index (χ3n) is 6.20. The Balaban J connectivity index is 1.31. The second-order valence-corrected chi connectivity index (χ2v) is 10.5. The Morgan fingerprint density at radius 2 is 1.56 bits per heavy atom. The highest BCUT2D eigenvalue weighted by molar-refractivity contribution is 7.89. The first-order valence-corrected chi connectivity index (χ1v) is 12.8. The topological polar surface area (TPSA) is 69.7 Å². The van der Waals surface area contributed by atoms with Gasteiger partial charge in [0.1, 0.15) is 5.82 Å². The van der Waals surface area contributed by atoms with Gasteiger partial charge in [-0.15, -0.1) is 0 Å². The maximum atomic E-state index is 14.4. The molecule has 2 saturated heterocycles. The van der Waals surface area contributed by atoms with E-state index < -0.39 is 10.0 Å². The summed E-state index contributed by atoms with van der Waals surface area (Å²) < 4.78 is 41.4. The molecule has 1 amide bonds. The molecule has 8 heteroatoms. The lowest BCUT2D eigenvalue weighted by Gasteiger charge is -2.25. The predicted molar refractivity (Wildman–Crippen MR) is 124 cm³/mol. The van der Waals surface area contributed by atoms with Crippen LogP contribution in [-0.2, 0) is 21.2 Å². The van der Waals surface area contributed by atoms with E-state index in [0.29, 0.717) is 35.8 Å². The number of nitrogens with zero attached hydrogens (tertiary/aromatic N) is 2. The van der Waals surface area contributed by atoms with Gasteiger partial charge in [0.25, 0.3) is 0 Å². The summed E-state index contributed by atoms with van der Waals surface area (Å²) in [6.07, 6.45) is 5.72. The van der Waals surface area contributed by atoms with Crippen molar-refractivity contribution in [2.24, 2.45) is 0 Å². The molecule has 0 saturated carbocycles. The molecule has 0 unspecified atom stereocenters. The first-order chi connectivity index (χ1) is 15.4. The lowest BCUT2D eigenvalue weighted by molar-refractivity contribution is -0.116. The van der Waals surface area contributed by atoms with E-state index in [0.717, 1.165) is 50.8 Å². The zero-order valence-corrected chi connectivity index (χ0v) is 19.0. The van der Waals surface area contributed by atoms with E-state index in [-0.39, 0.29) is 18.1 Å². The van der Waals surface area contributed by atoms with Crippen molar-refractivity contribution in [2.75, 3.05) is 36.4 Å². The second kappa shape index (κ2) is 10.0. The first-order valence-electron chi connectivity index (χ1n) is 11.4. The second-order valence-electron chi connectivity index (χ2n) is 8.52.